The lowest BCUT2D eigenvalue weighted by atomic mass is 10.2. The van der Waals surface area contributed by atoms with Crippen molar-refractivity contribution < 1.29 is 9.90 Å². The zero-order valence-electron chi connectivity index (χ0n) is 9.60. The van der Waals surface area contributed by atoms with Crippen LogP contribution in [0.1, 0.15) is 29.6 Å². The van der Waals surface area contributed by atoms with Crippen LogP contribution in [0.15, 0.2) is 12.3 Å². The summed E-state index contributed by atoms with van der Waals surface area (Å²) >= 11 is 5.97. The summed E-state index contributed by atoms with van der Waals surface area (Å²) < 4.78 is 0. The van der Waals surface area contributed by atoms with E-state index < -0.39 is 5.97 Å². The highest BCUT2D eigenvalue weighted by Crippen LogP contribution is 2.25. The molecule has 0 aliphatic heterocycles. The fourth-order valence-electron chi connectivity index (χ4n) is 2.00. The topological polar surface area (TPSA) is 88.2 Å². The van der Waals surface area contributed by atoms with Gasteiger partial charge in [-0.3, -0.25) is 0 Å². The smallest absolute Gasteiger partial charge is 0.337 e. The lowest BCUT2D eigenvalue weighted by Gasteiger charge is -2.14. The first-order valence-corrected chi connectivity index (χ1v) is 5.85. The molecule has 100 valence electrons. The molecule has 1 aliphatic rings. The molecule has 4 N–H and O–H groups in total. The summed E-state index contributed by atoms with van der Waals surface area (Å²) in [5, 5.41) is 12.3. The van der Waals surface area contributed by atoms with Gasteiger partial charge in [-0.2, -0.15) is 0 Å². The van der Waals surface area contributed by atoms with Crippen molar-refractivity contribution in [3.05, 3.63) is 22.8 Å². The lowest BCUT2D eigenvalue weighted by molar-refractivity contribution is 0.0696. The molecule has 0 radical (unpaired) electrons. The van der Waals surface area contributed by atoms with Gasteiger partial charge < -0.3 is 16.2 Å². The van der Waals surface area contributed by atoms with E-state index in [1.165, 1.54) is 12.3 Å². The molecule has 2 rings (SSSR count). The van der Waals surface area contributed by atoms with E-state index in [4.69, 9.17) is 22.4 Å². The van der Waals surface area contributed by atoms with Gasteiger partial charge in [0.2, 0.25) is 0 Å². The number of hydrogen-bond donors (Lipinski definition) is 3. The van der Waals surface area contributed by atoms with E-state index in [1.54, 1.807) is 0 Å². The summed E-state index contributed by atoms with van der Waals surface area (Å²) in [7, 11) is 0. The Hall–Kier alpha value is -1.04. The Bertz CT molecular complexity index is 442. The maximum Gasteiger partial charge on any atom is 0.337 e. The van der Waals surface area contributed by atoms with Crippen LogP contribution < -0.4 is 11.1 Å². The van der Waals surface area contributed by atoms with E-state index in [-0.39, 0.29) is 30.1 Å². The molecule has 0 bridgehead atoms. The SMILES string of the molecule is Cl.N[C@@H]1CC[C@@H](Nc2ncc(C(=O)O)cc2Cl)C1. The Balaban J connectivity index is 0.00000162. The number of aromatic nitrogens is 1. The van der Waals surface area contributed by atoms with Crippen molar-refractivity contribution in [2.75, 3.05) is 5.32 Å². The van der Waals surface area contributed by atoms with Crippen LogP contribution in [0.4, 0.5) is 5.82 Å². The summed E-state index contributed by atoms with van der Waals surface area (Å²) in [6.07, 6.45) is 4.16. The van der Waals surface area contributed by atoms with Gasteiger partial charge in [-0.25, -0.2) is 9.78 Å². The summed E-state index contributed by atoms with van der Waals surface area (Å²) in [6.45, 7) is 0. The van der Waals surface area contributed by atoms with Gasteiger partial charge in [0, 0.05) is 18.3 Å². The van der Waals surface area contributed by atoms with Crippen LogP contribution in [0.25, 0.3) is 0 Å². The van der Waals surface area contributed by atoms with Crippen molar-refractivity contribution in [3.63, 3.8) is 0 Å². The predicted molar refractivity (Wildman–Crippen MR) is 72.7 cm³/mol. The van der Waals surface area contributed by atoms with Gasteiger partial charge in [0.25, 0.3) is 0 Å². The first-order chi connectivity index (χ1) is 8.06. The van der Waals surface area contributed by atoms with E-state index in [0.717, 1.165) is 19.3 Å². The number of carboxylic acids is 1. The molecule has 0 saturated heterocycles. The molecule has 1 aromatic heterocycles. The van der Waals surface area contributed by atoms with Crippen molar-refractivity contribution >= 4 is 35.8 Å². The fraction of sp³-hybridized carbons (Fsp3) is 0.455. The molecule has 1 aromatic rings. The lowest BCUT2D eigenvalue weighted by Crippen LogP contribution is -2.21. The van der Waals surface area contributed by atoms with Crippen LogP contribution in [0, 0.1) is 0 Å². The number of carbonyl (C=O) groups is 1. The monoisotopic (exact) mass is 291 g/mol. The third-order valence-electron chi connectivity index (χ3n) is 2.90. The standard InChI is InChI=1S/C11H14ClN3O2.ClH/c12-9-3-6(11(16)17)5-14-10(9)15-8-2-1-7(13)4-8;/h3,5,7-8H,1-2,4,13H2,(H,14,15)(H,16,17);1H/t7-,8-;/m1./s1. The fourth-order valence-corrected chi connectivity index (χ4v) is 2.22. The molecule has 0 aromatic carbocycles. The van der Waals surface area contributed by atoms with E-state index in [2.05, 4.69) is 10.3 Å². The molecular weight excluding hydrogens is 277 g/mol. The molecule has 2 atom stereocenters. The zero-order valence-corrected chi connectivity index (χ0v) is 11.2. The van der Waals surface area contributed by atoms with Gasteiger partial charge >= 0.3 is 5.97 Å². The minimum absolute atomic E-state index is 0. The summed E-state index contributed by atoms with van der Waals surface area (Å²) in [5.41, 5.74) is 5.90. The molecule has 7 heteroatoms. The number of nitrogens with zero attached hydrogens (tertiary/aromatic N) is 1. The average molecular weight is 292 g/mol. The number of halogens is 2. The molecular formula is C11H15Cl2N3O2. The second kappa shape index (κ2) is 6.22. The third-order valence-corrected chi connectivity index (χ3v) is 3.19. The number of carboxylic acid groups (broad SMARTS) is 1. The van der Waals surface area contributed by atoms with Crippen LogP contribution in [-0.4, -0.2) is 28.1 Å². The third kappa shape index (κ3) is 3.48. The summed E-state index contributed by atoms with van der Waals surface area (Å²) in [4.78, 5) is 14.7. The molecule has 1 aliphatic carbocycles. The van der Waals surface area contributed by atoms with Crippen molar-refractivity contribution in [1.82, 2.24) is 4.98 Å². The van der Waals surface area contributed by atoms with Crippen molar-refractivity contribution in [1.29, 1.82) is 0 Å². The molecule has 0 spiro atoms. The maximum atomic E-state index is 10.7. The second-order valence-electron chi connectivity index (χ2n) is 4.27. The van der Waals surface area contributed by atoms with E-state index >= 15 is 0 Å². The number of hydrogen-bond acceptors (Lipinski definition) is 4. The molecule has 18 heavy (non-hydrogen) atoms. The van der Waals surface area contributed by atoms with E-state index in [0.29, 0.717) is 10.8 Å². The minimum atomic E-state index is -1.03. The van der Waals surface area contributed by atoms with Gasteiger partial charge in [-0.05, 0) is 25.3 Å². The van der Waals surface area contributed by atoms with Crippen LogP contribution in [0.2, 0.25) is 5.02 Å². The maximum absolute atomic E-state index is 10.7. The van der Waals surface area contributed by atoms with Gasteiger partial charge in [0.15, 0.2) is 0 Å². The number of nitrogens with one attached hydrogen (secondary N) is 1. The van der Waals surface area contributed by atoms with Gasteiger partial charge in [-0.15, -0.1) is 12.4 Å². The molecule has 0 amide bonds. The van der Waals surface area contributed by atoms with Crippen molar-refractivity contribution in [3.8, 4) is 0 Å². The van der Waals surface area contributed by atoms with Crippen LogP contribution >= 0.6 is 24.0 Å². The Morgan fingerprint density at radius 2 is 2.28 bits per heavy atom. The normalized spacial score (nSPS) is 22.3. The highest BCUT2D eigenvalue weighted by molar-refractivity contribution is 6.33. The molecule has 5 nitrogen and oxygen atoms in total. The van der Waals surface area contributed by atoms with Crippen LogP contribution in [0.3, 0.4) is 0 Å². The van der Waals surface area contributed by atoms with Gasteiger partial charge in [0.1, 0.15) is 5.82 Å². The summed E-state index contributed by atoms with van der Waals surface area (Å²) in [5.74, 6) is -0.510. The quantitative estimate of drug-likeness (QED) is 0.794. The van der Waals surface area contributed by atoms with Crippen LogP contribution in [-0.2, 0) is 0 Å². The van der Waals surface area contributed by atoms with Gasteiger partial charge in [-0.1, -0.05) is 11.6 Å². The first kappa shape index (κ1) is 15.0. The highest BCUT2D eigenvalue weighted by Gasteiger charge is 2.22. The average Bonchev–Trinajstić information content (AvgIpc) is 2.67. The number of aromatic carboxylic acids is 1. The zero-order chi connectivity index (χ0) is 12.4. The Kier molecular flexibility index (Phi) is 5.19. The van der Waals surface area contributed by atoms with Gasteiger partial charge in [0.05, 0.1) is 10.6 Å². The number of rotatable bonds is 3. The Morgan fingerprint density at radius 1 is 1.56 bits per heavy atom. The molecule has 1 fully saturated rings. The van der Waals surface area contributed by atoms with E-state index in [1.807, 2.05) is 0 Å². The second-order valence-corrected chi connectivity index (χ2v) is 4.68. The first-order valence-electron chi connectivity index (χ1n) is 5.47. The highest BCUT2D eigenvalue weighted by atomic mass is 35.5. The number of anilines is 1. The Morgan fingerprint density at radius 3 is 2.78 bits per heavy atom. The van der Waals surface area contributed by atoms with E-state index in [9.17, 15) is 4.79 Å². The predicted octanol–water partition coefficient (Wildman–Crippen LogP) is 2.15. The summed E-state index contributed by atoms with van der Waals surface area (Å²) in [6, 6.07) is 1.89. The van der Waals surface area contributed by atoms with Crippen molar-refractivity contribution in [2.24, 2.45) is 5.73 Å². The Labute approximate surface area is 116 Å². The molecule has 1 heterocycles. The number of nitrogens with two attached hydrogens (primary N) is 1. The molecule has 1 saturated carbocycles. The largest absolute Gasteiger partial charge is 0.478 e. The van der Waals surface area contributed by atoms with Crippen molar-refractivity contribution in [2.45, 2.75) is 31.3 Å². The van der Waals surface area contributed by atoms with Crippen LogP contribution in [0.5, 0.6) is 0 Å². The number of pyridine rings is 1. The molecule has 0 unspecified atom stereocenters. The minimum Gasteiger partial charge on any atom is -0.478 e.